The van der Waals surface area contributed by atoms with E-state index in [1.807, 2.05) is 0 Å². The van der Waals surface area contributed by atoms with Gasteiger partial charge in [0.15, 0.2) is 0 Å². The summed E-state index contributed by atoms with van der Waals surface area (Å²) in [6, 6.07) is 5.05. The molecule has 2 N–H and O–H groups in total. The van der Waals surface area contributed by atoms with E-state index in [0.29, 0.717) is 5.56 Å². The minimum atomic E-state index is -2.96. The van der Waals surface area contributed by atoms with Crippen molar-refractivity contribution in [1.29, 1.82) is 0 Å². The molecule has 34 heavy (non-hydrogen) atoms. The highest BCUT2D eigenvalue weighted by Gasteiger charge is 2.46. The molecule has 8 nitrogen and oxygen atoms in total. The van der Waals surface area contributed by atoms with Gasteiger partial charge in [-0.2, -0.15) is 4.98 Å². The molecule has 1 aliphatic heterocycles. The molecule has 4 rings (SSSR count). The fourth-order valence-electron chi connectivity index (χ4n) is 3.94. The second kappa shape index (κ2) is 9.37. The second-order valence-corrected chi connectivity index (χ2v) is 8.20. The molecule has 180 valence electrons. The number of carbonyl (C=O) groups is 1. The Kier molecular flexibility index (Phi) is 6.51. The van der Waals surface area contributed by atoms with Gasteiger partial charge in [0.1, 0.15) is 11.6 Å². The van der Waals surface area contributed by atoms with E-state index in [0.717, 1.165) is 22.9 Å². The standard InChI is InChI=1S/C22H21F4N5O3/c1-13(30-7-4-22(25,26)18(12-30)15-2-5-31(33)6-3-15)20(32)28-21-27-19(34-29-21)10-14-8-16(23)11-17(24)9-14/h2-3,5-6,8-9,11,13,18H,4,7,10,12H2,1H3,(H-,28,29,32,33)/p+1/t13?,18-/m1/s1. The summed E-state index contributed by atoms with van der Waals surface area (Å²) in [4.78, 5) is 18.4. The Hall–Kier alpha value is -3.54. The highest BCUT2D eigenvalue weighted by molar-refractivity contribution is 5.93. The minimum absolute atomic E-state index is 0.00749. The van der Waals surface area contributed by atoms with Crippen LogP contribution in [0.1, 0.15) is 36.3 Å². The fraction of sp³-hybridized carbons (Fsp3) is 0.364. The number of carbonyl (C=O) groups excluding carboxylic acids is 1. The van der Waals surface area contributed by atoms with Gasteiger partial charge in [0.25, 0.3) is 11.9 Å². The van der Waals surface area contributed by atoms with Crippen LogP contribution in [-0.4, -0.2) is 51.2 Å². The van der Waals surface area contributed by atoms with E-state index in [2.05, 4.69) is 15.5 Å². The highest BCUT2D eigenvalue weighted by atomic mass is 19.3. The van der Waals surface area contributed by atoms with E-state index >= 15 is 0 Å². The van der Waals surface area contributed by atoms with Gasteiger partial charge < -0.3 is 4.52 Å². The summed E-state index contributed by atoms with van der Waals surface area (Å²) in [6.45, 7) is 1.52. The lowest BCUT2D eigenvalue weighted by Gasteiger charge is -2.40. The van der Waals surface area contributed by atoms with Gasteiger partial charge in [0.05, 0.1) is 18.4 Å². The Morgan fingerprint density at radius 2 is 1.97 bits per heavy atom. The molecule has 1 unspecified atom stereocenters. The first-order chi connectivity index (χ1) is 16.1. The van der Waals surface area contributed by atoms with Gasteiger partial charge in [-0.05, 0) is 35.3 Å². The van der Waals surface area contributed by atoms with Crippen molar-refractivity contribution in [3.8, 4) is 0 Å². The monoisotopic (exact) mass is 480 g/mol. The van der Waals surface area contributed by atoms with Crippen LogP contribution in [0.15, 0.2) is 47.2 Å². The molecule has 0 bridgehead atoms. The molecule has 2 aromatic heterocycles. The van der Waals surface area contributed by atoms with Gasteiger partial charge in [-0.1, -0.05) is 0 Å². The van der Waals surface area contributed by atoms with Gasteiger partial charge in [0.2, 0.25) is 24.2 Å². The molecule has 1 fully saturated rings. The lowest BCUT2D eigenvalue weighted by molar-refractivity contribution is -0.904. The Morgan fingerprint density at radius 1 is 1.29 bits per heavy atom. The van der Waals surface area contributed by atoms with Gasteiger partial charge in [-0.3, -0.25) is 20.2 Å². The summed E-state index contributed by atoms with van der Waals surface area (Å²) in [5.41, 5.74) is 0.629. The number of halogens is 4. The number of anilines is 1. The lowest BCUT2D eigenvalue weighted by Crippen LogP contribution is -2.52. The van der Waals surface area contributed by atoms with Crippen LogP contribution in [0.5, 0.6) is 0 Å². The number of pyridine rings is 1. The molecule has 1 aliphatic rings. The number of nitrogens with one attached hydrogen (secondary N) is 1. The Morgan fingerprint density at radius 3 is 2.65 bits per heavy atom. The fourth-order valence-corrected chi connectivity index (χ4v) is 3.94. The van der Waals surface area contributed by atoms with Crippen LogP contribution in [0.25, 0.3) is 0 Å². The van der Waals surface area contributed by atoms with Crippen LogP contribution in [0.2, 0.25) is 0 Å². The van der Waals surface area contributed by atoms with Crippen LogP contribution < -0.4 is 10.0 Å². The maximum absolute atomic E-state index is 14.6. The Bertz CT molecular complexity index is 1150. The summed E-state index contributed by atoms with van der Waals surface area (Å²) in [5.74, 6) is -6.22. The largest absolute Gasteiger partial charge is 0.337 e. The summed E-state index contributed by atoms with van der Waals surface area (Å²) in [7, 11) is 0. The first-order valence-electron chi connectivity index (χ1n) is 10.5. The zero-order chi connectivity index (χ0) is 24.5. The highest BCUT2D eigenvalue weighted by Crippen LogP contribution is 2.40. The predicted molar refractivity (Wildman–Crippen MR) is 109 cm³/mol. The molecule has 1 saturated heterocycles. The number of hydrogen-bond donors (Lipinski definition) is 2. The number of aromatic nitrogens is 3. The van der Waals surface area contributed by atoms with Crippen molar-refractivity contribution in [3.63, 3.8) is 0 Å². The number of nitrogens with zero attached hydrogens (tertiary/aromatic N) is 4. The molecule has 0 radical (unpaired) electrons. The van der Waals surface area contributed by atoms with Crippen molar-refractivity contribution in [2.75, 3.05) is 18.4 Å². The van der Waals surface area contributed by atoms with Crippen LogP contribution >= 0.6 is 0 Å². The first kappa shape index (κ1) is 23.6. The van der Waals surface area contributed by atoms with E-state index in [1.54, 1.807) is 11.8 Å². The maximum Gasteiger partial charge on any atom is 0.270 e. The van der Waals surface area contributed by atoms with Gasteiger partial charge in [-0.25, -0.2) is 17.6 Å². The van der Waals surface area contributed by atoms with Crippen molar-refractivity contribution >= 4 is 11.9 Å². The minimum Gasteiger partial charge on any atom is -0.337 e. The molecular formula is C22H22F4N5O3+. The SMILES string of the molecule is CC(C(=O)Nc1noc(Cc2cc(F)cc(F)c2)n1)N1CCC(F)(F)[C@@H](c2cc[n+](O)cc2)C1. The van der Waals surface area contributed by atoms with Crippen molar-refractivity contribution in [2.24, 2.45) is 0 Å². The van der Waals surface area contributed by atoms with E-state index in [4.69, 9.17) is 4.52 Å². The number of rotatable bonds is 6. The van der Waals surface area contributed by atoms with Crippen molar-refractivity contribution in [1.82, 2.24) is 15.0 Å². The zero-order valence-corrected chi connectivity index (χ0v) is 18.1. The summed E-state index contributed by atoms with van der Waals surface area (Å²) in [5, 5.41) is 15.5. The molecule has 1 aromatic carbocycles. The number of alkyl halides is 2. The molecule has 3 heterocycles. The summed E-state index contributed by atoms with van der Waals surface area (Å²) in [6.07, 6.45) is 2.07. The van der Waals surface area contributed by atoms with E-state index < -0.39 is 41.8 Å². The van der Waals surface area contributed by atoms with E-state index in [1.165, 1.54) is 24.5 Å². The number of benzene rings is 1. The Balaban J connectivity index is 1.40. The molecule has 3 aromatic rings. The van der Waals surface area contributed by atoms with Gasteiger partial charge in [0, 0.05) is 42.4 Å². The maximum atomic E-state index is 14.6. The Labute approximate surface area is 191 Å². The van der Waals surface area contributed by atoms with Crippen LogP contribution in [0, 0.1) is 11.6 Å². The van der Waals surface area contributed by atoms with E-state index in [9.17, 15) is 27.6 Å². The topological polar surface area (TPSA) is 95.4 Å². The molecule has 0 aliphatic carbocycles. The normalized spacial score (nSPS) is 19.0. The second-order valence-electron chi connectivity index (χ2n) is 8.20. The smallest absolute Gasteiger partial charge is 0.270 e. The van der Waals surface area contributed by atoms with Crippen molar-refractivity contribution in [2.45, 2.75) is 37.6 Å². The molecule has 0 spiro atoms. The molecule has 12 heteroatoms. The predicted octanol–water partition coefficient (Wildman–Crippen LogP) is 2.92. The average Bonchev–Trinajstić information content (AvgIpc) is 3.19. The molecule has 2 atom stereocenters. The zero-order valence-electron chi connectivity index (χ0n) is 18.1. The van der Waals surface area contributed by atoms with Crippen molar-refractivity contribution in [3.05, 3.63) is 71.4 Å². The molecule has 0 saturated carbocycles. The average molecular weight is 480 g/mol. The van der Waals surface area contributed by atoms with Crippen LogP contribution in [-0.2, 0) is 11.2 Å². The number of hydrogen-bond acceptors (Lipinski definition) is 6. The third-order valence-electron chi connectivity index (χ3n) is 5.81. The first-order valence-corrected chi connectivity index (χ1v) is 10.5. The third kappa shape index (κ3) is 5.33. The quantitative estimate of drug-likeness (QED) is 0.320. The number of likely N-dealkylation sites (tertiary alicyclic amines) is 1. The summed E-state index contributed by atoms with van der Waals surface area (Å²) >= 11 is 0. The molecule has 1 amide bonds. The van der Waals surface area contributed by atoms with Gasteiger partial charge in [-0.15, -0.1) is 0 Å². The molecular weight excluding hydrogens is 458 g/mol. The number of amides is 1. The van der Waals surface area contributed by atoms with Crippen LogP contribution in [0.4, 0.5) is 23.5 Å². The van der Waals surface area contributed by atoms with Crippen molar-refractivity contribution < 1.29 is 36.8 Å². The lowest BCUT2D eigenvalue weighted by atomic mass is 9.87. The van der Waals surface area contributed by atoms with Crippen LogP contribution in [0.3, 0.4) is 0 Å². The van der Waals surface area contributed by atoms with Gasteiger partial charge >= 0.3 is 0 Å². The third-order valence-corrected chi connectivity index (χ3v) is 5.81. The number of piperidine rings is 1. The van der Waals surface area contributed by atoms with E-state index in [-0.39, 0.29) is 36.9 Å². The summed E-state index contributed by atoms with van der Waals surface area (Å²) < 4.78 is 61.7.